The molecule has 0 aliphatic carbocycles. The highest BCUT2D eigenvalue weighted by molar-refractivity contribution is 7.10. The zero-order chi connectivity index (χ0) is 15.9. The number of carbonyl (C=O) groups excluding carboxylic acids is 1. The van der Waals surface area contributed by atoms with Crippen molar-refractivity contribution in [1.82, 2.24) is 15.2 Å². The second-order valence-electron chi connectivity index (χ2n) is 5.26. The van der Waals surface area contributed by atoms with Gasteiger partial charge in [-0.05, 0) is 23.6 Å². The van der Waals surface area contributed by atoms with E-state index >= 15 is 0 Å². The van der Waals surface area contributed by atoms with Gasteiger partial charge in [-0.1, -0.05) is 6.07 Å². The average Bonchev–Trinajstić information content (AvgIpc) is 3.11. The zero-order valence-corrected chi connectivity index (χ0v) is 13.6. The molecule has 23 heavy (non-hydrogen) atoms. The first-order valence-electron chi connectivity index (χ1n) is 7.63. The molecule has 2 aromatic rings. The monoisotopic (exact) mass is 332 g/mol. The fourth-order valence-electron chi connectivity index (χ4n) is 2.58. The van der Waals surface area contributed by atoms with Gasteiger partial charge < -0.3 is 15.4 Å². The van der Waals surface area contributed by atoms with Gasteiger partial charge in [0.1, 0.15) is 0 Å². The average molecular weight is 332 g/mol. The van der Waals surface area contributed by atoms with E-state index in [4.69, 9.17) is 4.74 Å². The highest BCUT2D eigenvalue weighted by Gasteiger charge is 2.23. The van der Waals surface area contributed by atoms with E-state index in [9.17, 15) is 4.79 Å². The topological polar surface area (TPSA) is 66.5 Å². The number of amides is 2. The van der Waals surface area contributed by atoms with Crippen LogP contribution in [0.3, 0.4) is 0 Å². The Morgan fingerprint density at radius 3 is 2.91 bits per heavy atom. The van der Waals surface area contributed by atoms with E-state index in [1.807, 2.05) is 12.1 Å². The SMILES string of the molecule is O=C(NC[C@@H](c1cccs1)N1CCOCC1)Nc1cccnc1. The van der Waals surface area contributed by atoms with E-state index in [0.29, 0.717) is 12.2 Å². The second kappa shape index (κ2) is 8.05. The molecule has 0 spiro atoms. The normalized spacial score (nSPS) is 16.7. The minimum absolute atomic E-state index is 0.179. The molecule has 1 atom stereocenters. The zero-order valence-electron chi connectivity index (χ0n) is 12.8. The molecular formula is C16H20N4O2S. The number of thiophene rings is 1. The van der Waals surface area contributed by atoms with Gasteiger partial charge in [-0.3, -0.25) is 9.88 Å². The molecule has 0 bridgehead atoms. The lowest BCUT2D eigenvalue weighted by molar-refractivity contribution is 0.0175. The molecule has 2 aromatic heterocycles. The maximum absolute atomic E-state index is 12.1. The number of nitrogens with zero attached hydrogens (tertiary/aromatic N) is 2. The molecule has 1 aliphatic heterocycles. The van der Waals surface area contributed by atoms with Crippen LogP contribution in [0.15, 0.2) is 42.0 Å². The number of hydrogen-bond acceptors (Lipinski definition) is 5. The summed E-state index contributed by atoms with van der Waals surface area (Å²) in [5, 5.41) is 7.82. The third kappa shape index (κ3) is 4.51. The molecule has 122 valence electrons. The van der Waals surface area contributed by atoms with E-state index in [1.165, 1.54) is 4.88 Å². The van der Waals surface area contributed by atoms with E-state index in [0.717, 1.165) is 26.3 Å². The third-order valence-corrected chi connectivity index (χ3v) is 4.71. The number of anilines is 1. The molecule has 3 heterocycles. The van der Waals surface area contributed by atoms with Crippen molar-refractivity contribution in [1.29, 1.82) is 0 Å². The largest absolute Gasteiger partial charge is 0.379 e. The van der Waals surface area contributed by atoms with E-state index in [2.05, 4.69) is 32.0 Å². The second-order valence-corrected chi connectivity index (χ2v) is 6.24. The molecule has 0 unspecified atom stereocenters. The van der Waals surface area contributed by atoms with E-state index in [1.54, 1.807) is 29.8 Å². The Kier molecular flexibility index (Phi) is 5.57. The molecular weight excluding hydrogens is 312 g/mol. The van der Waals surface area contributed by atoms with Crippen LogP contribution < -0.4 is 10.6 Å². The van der Waals surface area contributed by atoms with Crippen LogP contribution in [-0.2, 0) is 4.74 Å². The van der Waals surface area contributed by atoms with Crippen molar-refractivity contribution in [2.24, 2.45) is 0 Å². The molecule has 6 nitrogen and oxygen atoms in total. The molecule has 0 radical (unpaired) electrons. The maximum atomic E-state index is 12.1. The van der Waals surface area contributed by atoms with Gasteiger partial charge in [-0.15, -0.1) is 11.3 Å². The number of carbonyl (C=O) groups is 1. The Hall–Kier alpha value is -1.96. The van der Waals surface area contributed by atoms with Crippen LogP contribution in [0.2, 0.25) is 0 Å². The molecule has 0 saturated carbocycles. The summed E-state index contributed by atoms with van der Waals surface area (Å²) in [7, 11) is 0. The molecule has 1 fully saturated rings. The summed E-state index contributed by atoms with van der Waals surface area (Å²) >= 11 is 1.72. The predicted molar refractivity (Wildman–Crippen MR) is 90.7 cm³/mol. The fraction of sp³-hybridized carbons (Fsp3) is 0.375. The van der Waals surface area contributed by atoms with Gasteiger partial charge in [0.25, 0.3) is 0 Å². The Bertz CT molecular complexity index is 600. The Labute approximate surface area is 139 Å². The number of urea groups is 1. The van der Waals surface area contributed by atoms with Gasteiger partial charge in [0.05, 0.1) is 31.1 Å². The Morgan fingerprint density at radius 2 is 2.22 bits per heavy atom. The number of pyridine rings is 1. The van der Waals surface area contributed by atoms with Crippen LogP contribution in [0.5, 0.6) is 0 Å². The summed E-state index contributed by atoms with van der Waals surface area (Å²) in [5.41, 5.74) is 0.684. The Morgan fingerprint density at radius 1 is 1.35 bits per heavy atom. The van der Waals surface area contributed by atoms with Gasteiger partial charge in [0.15, 0.2) is 0 Å². The van der Waals surface area contributed by atoms with Crippen molar-refractivity contribution in [2.45, 2.75) is 6.04 Å². The van der Waals surface area contributed by atoms with Crippen LogP contribution in [0, 0.1) is 0 Å². The third-order valence-electron chi connectivity index (χ3n) is 3.73. The van der Waals surface area contributed by atoms with Gasteiger partial charge in [0.2, 0.25) is 0 Å². The van der Waals surface area contributed by atoms with Crippen molar-refractivity contribution in [2.75, 3.05) is 38.2 Å². The van der Waals surface area contributed by atoms with Gasteiger partial charge in [0, 0.05) is 30.7 Å². The van der Waals surface area contributed by atoms with Crippen LogP contribution in [0.25, 0.3) is 0 Å². The lowest BCUT2D eigenvalue weighted by Crippen LogP contribution is -2.44. The van der Waals surface area contributed by atoms with Crippen molar-refractivity contribution < 1.29 is 9.53 Å². The maximum Gasteiger partial charge on any atom is 0.319 e. The van der Waals surface area contributed by atoms with Crippen LogP contribution >= 0.6 is 11.3 Å². The van der Waals surface area contributed by atoms with Crippen molar-refractivity contribution in [3.8, 4) is 0 Å². The van der Waals surface area contributed by atoms with Gasteiger partial charge >= 0.3 is 6.03 Å². The van der Waals surface area contributed by atoms with Crippen molar-refractivity contribution in [3.63, 3.8) is 0 Å². The summed E-state index contributed by atoms with van der Waals surface area (Å²) in [6.07, 6.45) is 3.30. The predicted octanol–water partition coefficient (Wildman–Crippen LogP) is 2.34. The first-order valence-corrected chi connectivity index (χ1v) is 8.51. The highest BCUT2D eigenvalue weighted by Crippen LogP contribution is 2.25. The lowest BCUT2D eigenvalue weighted by atomic mass is 10.2. The number of ether oxygens (including phenoxy) is 1. The highest BCUT2D eigenvalue weighted by atomic mass is 32.1. The van der Waals surface area contributed by atoms with Crippen molar-refractivity contribution in [3.05, 3.63) is 46.9 Å². The van der Waals surface area contributed by atoms with Gasteiger partial charge in [-0.25, -0.2) is 4.79 Å². The number of rotatable bonds is 5. The summed E-state index contributed by atoms with van der Waals surface area (Å²) in [6.45, 7) is 3.81. The molecule has 1 aliphatic rings. The summed E-state index contributed by atoms with van der Waals surface area (Å²) in [4.78, 5) is 19.7. The fourth-order valence-corrected chi connectivity index (χ4v) is 3.44. The smallest absolute Gasteiger partial charge is 0.319 e. The van der Waals surface area contributed by atoms with Crippen molar-refractivity contribution >= 4 is 23.1 Å². The first-order chi connectivity index (χ1) is 11.3. The number of nitrogens with one attached hydrogen (secondary N) is 2. The van der Waals surface area contributed by atoms with E-state index in [-0.39, 0.29) is 12.1 Å². The standard InChI is InChI=1S/C16H20N4O2S/c21-16(19-13-3-1-5-17-11-13)18-12-14(15-4-2-10-23-15)20-6-8-22-9-7-20/h1-5,10-11,14H,6-9,12H2,(H2,18,19,21)/t14-/m0/s1. The molecule has 7 heteroatoms. The molecule has 2 amide bonds. The van der Waals surface area contributed by atoms with Crippen LogP contribution in [-0.4, -0.2) is 48.8 Å². The quantitative estimate of drug-likeness (QED) is 0.882. The summed E-state index contributed by atoms with van der Waals surface area (Å²) < 4.78 is 5.43. The van der Waals surface area contributed by atoms with Crippen LogP contribution in [0.4, 0.5) is 10.5 Å². The molecule has 0 aromatic carbocycles. The first kappa shape index (κ1) is 15.9. The van der Waals surface area contributed by atoms with E-state index < -0.39 is 0 Å². The minimum atomic E-state index is -0.215. The molecule has 2 N–H and O–H groups in total. The minimum Gasteiger partial charge on any atom is -0.379 e. The molecule has 1 saturated heterocycles. The summed E-state index contributed by atoms with van der Waals surface area (Å²) in [5.74, 6) is 0. The number of aromatic nitrogens is 1. The number of morpholine rings is 1. The van der Waals surface area contributed by atoms with Crippen LogP contribution in [0.1, 0.15) is 10.9 Å². The van der Waals surface area contributed by atoms with Gasteiger partial charge in [-0.2, -0.15) is 0 Å². The lowest BCUT2D eigenvalue weighted by Gasteiger charge is -2.34. The molecule has 3 rings (SSSR count). The summed E-state index contributed by atoms with van der Waals surface area (Å²) in [6, 6.07) is 7.73. The number of hydrogen-bond donors (Lipinski definition) is 2. The Balaban J connectivity index is 1.59.